The largest absolute Gasteiger partial charge is 0.379 e. The van der Waals surface area contributed by atoms with E-state index in [0.29, 0.717) is 0 Å². The van der Waals surface area contributed by atoms with Crippen LogP contribution in [0.25, 0.3) is 0 Å². The smallest absolute Gasteiger partial charge is 0.0594 e. The summed E-state index contributed by atoms with van der Waals surface area (Å²) in [4.78, 5) is 5.14. The Morgan fingerprint density at radius 2 is 1.59 bits per heavy atom. The number of nitrogens with one attached hydrogen (secondary N) is 1. The van der Waals surface area contributed by atoms with E-state index < -0.39 is 0 Å². The fourth-order valence-electron chi connectivity index (χ4n) is 2.76. The Kier molecular flexibility index (Phi) is 5.71. The zero-order valence-corrected chi connectivity index (χ0v) is 11.2. The third kappa shape index (κ3) is 4.54. The van der Waals surface area contributed by atoms with Crippen molar-refractivity contribution in [1.82, 2.24) is 15.1 Å². The second kappa shape index (κ2) is 7.31. The first-order valence-corrected chi connectivity index (χ1v) is 7.14. The van der Waals surface area contributed by atoms with Crippen molar-refractivity contribution in [2.24, 2.45) is 0 Å². The minimum Gasteiger partial charge on any atom is -0.379 e. The second-order valence-electron chi connectivity index (χ2n) is 5.13. The van der Waals surface area contributed by atoms with E-state index in [0.717, 1.165) is 38.9 Å². The summed E-state index contributed by atoms with van der Waals surface area (Å²) < 4.78 is 5.37. The minimum absolute atomic E-state index is 0.764. The molecule has 2 aliphatic heterocycles. The van der Waals surface area contributed by atoms with Gasteiger partial charge in [-0.05, 0) is 32.5 Å². The van der Waals surface area contributed by atoms with Crippen molar-refractivity contribution in [3.05, 3.63) is 0 Å². The summed E-state index contributed by atoms with van der Waals surface area (Å²) in [5.41, 5.74) is 0. The lowest BCUT2D eigenvalue weighted by molar-refractivity contribution is 0.0319. The summed E-state index contributed by atoms with van der Waals surface area (Å²) in [5, 5.41) is 3.56. The van der Waals surface area contributed by atoms with Gasteiger partial charge in [0.1, 0.15) is 0 Å². The standard InChI is InChI=1S/C13H27N3O/c1-2-14-13-3-5-15(6-4-13)7-8-16-9-11-17-12-10-16/h13-14H,2-12H2,1H3. The molecule has 0 aromatic heterocycles. The highest BCUT2D eigenvalue weighted by Gasteiger charge is 2.19. The van der Waals surface area contributed by atoms with Crippen LogP contribution in [0.2, 0.25) is 0 Å². The second-order valence-corrected chi connectivity index (χ2v) is 5.13. The van der Waals surface area contributed by atoms with Gasteiger partial charge in [0, 0.05) is 32.2 Å². The summed E-state index contributed by atoms with van der Waals surface area (Å²) in [6, 6.07) is 0.764. The summed E-state index contributed by atoms with van der Waals surface area (Å²) in [6.45, 7) is 12.4. The van der Waals surface area contributed by atoms with Crippen LogP contribution in [0.5, 0.6) is 0 Å². The van der Waals surface area contributed by atoms with Gasteiger partial charge in [-0.2, -0.15) is 0 Å². The average molecular weight is 241 g/mol. The summed E-state index contributed by atoms with van der Waals surface area (Å²) >= 11 is 0. The molecule has 0 spiro atoms. The van der Waals surface area contributed by atoms with Gasteiger partial charge in [-0.1, -0.05) is 6.92 Å². The lowest BCUT2D eigenvalue weighted by Crippen LogP contribution is -2.46. The van der Waals surface area contributed by atoms with E-state index in [1.54, 1.807) is 0 Å². The van der Waals surface area contributed by atoms with Crippen LogP contribution in [0, 0.1) is 0 Å². The van der Waals surface area contributed by atoms with Gasteiger partial charge in [-0.25, -0.2) is 0 Å². The quantitative estimate of drug-likeness (QED) is 0.754. The zero-order chi connectivity index (χ0) is 11.9. The number of piperidine rings is 1. The number of rotatable bonds is 5. The van der Waals surface area contributed by atoms with E-state index in [-0.39, 0.29) is 0 Å². The molecule has 2 heterocycles. The van der Waals surface area contributed by atoms with E-state index >= 15 is 0 Å². The third-order valence-corrected chi connectivity index (χ3v) is 3.92. The number of nitrogens with zero attached hydrogens (tertiary/aromatic N) is 2. The zero-order valence-electron chi connectivity index (χ0n) is 11.2. The van der Waals surface area contributed by atoms with Gasteiger partial charge in [0.15, 0.2) is 0 Å². The molecule has 2 aliphatic rings. The van der Waals surface area contributed by atoms with Crippen LogP contribution in [0.15, 0.2) is 0 Å². The van der Waals surface area contributed by atoms with E-state index in [2.05, 4.69) is 22.0 Å². The van der Waals surface area contributed by atoms with Crippen LogP contribution in [0.3, 0.4) is 0 Å². The van der Waals surface area contributed by atoms with Crippen molar-refractivity contribution >= 4 is 0 Å². The Labute approximate surface area is 105 Å². The van der Waals surface area contributed by atoms with Crippen LogP contribution in [-0.4, -0.2) is 74.9 Å². The monoisotopic (exact) mass is 241 g/mol. The molecule has 17 heavy (non-hydrogen) atoms. The van der Waals surface area contributed by atoms with Gasteiger partial charge in [0.05, 0.1) is 13.2 Å². The minimum atomic E-state index is 0.764. The van der Waals surface area contributed by atoms with Gasteiger partial charge in [-0.15, -0.1) is 0 Å². The van der Waals surface area contributed by atoms with Gasteiger partial charge in [0.2, 0.25) is 0 Å². The molecule has 0 unspecified atom stereocenters. The normalized spacial score (nSPS) is 25.2. The number of ether oxygens (including phenoxy) is 1. The number of hydrogen-bond acceptors (Lipinski definition) is 4. The average Bonchev–Trinajstić information content (AvgIpc) is 2.40. The maximum absolute atomic E-state index is 5.37. The Balaban J connectivity index is 1.57. The van der Waals surface area contributed by atoms with Crippen LogP contribution in [0.1, 0.15) is 19.8 Å². The lowest BCUT2D eigenvalue weighted by atomic mass is 10.1. The maximum Gasteiger partial charge on any atom is 0.0594 e. The van der Waals surface area contributed by atoms with Crippen molar-refractivity contribution in [3.63, 3.8) is 0 Å². The predicted octanol–water partition coefficient (Wildman–Crippen LogP) is 0.393. The molecule has 0 bridgehead atoms. The molecule has 0 amide bonds. The predicted molar refractivity (Wildman–Crippen MR) is 70.4 cm³/mol. The van der Waals surface area contributed by atoms with Gasteiger partial charge >= 0.3 is 0 Å². The topological polar surface area (TPSA) is 27.7 Å². The summed E-state index contributed by atoms with van der Waals surface area (Å²) in [7, 11) is 0. The first kappa shape index (κ1) is 13.3. The molecule has 0 atom stereocenters. The highest BCUT2D eigenvalue weighted by atomic mass is 16.5. The van der Waals surface area contributed by atoms with Crippen molar-refractivity contribution < 1.29 is 4.74 Å². The Bertz CT molecular complexity index is 199. The number of morpholine rings is 1. The van der Waals surface area contributed by atoms with Gasteiger partial charge < -0.3 is 15.0 Å². The highest BCUT2D eigenvalue weighted by Crippen LogP contribution is 2.10. The molecule has 0 saturated carbocycles. The SMILES string of the molecule is CCNC1CCN(CCN2CCOCC2)CC1. The molecule has 0 radical (unpaired) electrons. The molecule has 4 nitrogen and oxygen atoms in total. The molecule has 100 valence electrons. The number of likely N-dealkylation sites (tertiary alicyclic amines) is 1. The summed E-state index contributed by atoms with van der Waals surface area (Å²) in [5.74, 6) is 0. The third-order valence-electron chi connectivity index (χ3n) is 3.92. The molecular weight excluding hydrogens is 214 g/mol. The molecular formula is C13H27N3O. The Morgan fingerprint density at radius 1 is 1.00 bits per heavy atom. The molecule has 2 saturated heterocycles. The van der Waals surface area contributed by atoms with Crippen molar-refractivity contribution in [3.8, 4) is 0 Å². The van der Waals surface area contributed by atoms with E-state index in [4.69, 9.17) is 4.74 Å². The molecule has 2 rings (SSSR count). The van der Waals surface area contributed by atoms with Crippen LogP contribution >= 0.6 is 0 Å². The maximum atomic E-state index is 5.37. The highest BCUT2D eigenvalue weighted by molar-refractivity contribution is 4.77. The fourth-order valence-corrected chi connectivity index (χ4v) is 2.76. The van der Waals surface area contributed by atoms with Gasteiger partial charge in [0.25, 0.3) is 0 Å². The van der Waals surface area contributed by atoms with Crippen molar-refractivity contribution in [2.75, 3.05) is 59.0 Å². The first-order valence-electron chi connectivity index (χ1n) is 7.14. The van der Waals surface area contributed by atoms with Crippen molar-refractivity contribution in [1.29, 1.82) is 0 Å². The van der Waals surface area contributed by atoms with E-state index in [1.807, 2.05) is 0 Å². The van der Waals surface area contributed by atoms with Crippen molar-refractivity contribution in [2.45, 2.75) is 25.8 Å². The van der Waals surface area contributed by atoms with Crippen LogP contribution < -0.4 is 5.32 Å². The van der Waals surface area contributed by atoms with E-state index in [9.17, 15) is 0 Å². The molecule has 0 aromatic carbocycles. The Morgan fingerprint density at radius 3 is 2.18 bits per heavy atom. The molecule has 2 fully saturated rings. The first-order chi connectivity index (χ1) is 8.38. The van der Waals surface area contributed by atoms with E-state index in [1.165, 1.54) is 39.0 Å². The fraction of sp³-hybridized carbons (Fsp3) is 1.00. The lowest BCUT2D eigenvalue weighted by Gasteiger charge is -2.34. The summed E-state index contributed by atoms with van der Waals surface area (Å²) in [6.07, 6.45) is 2.63. The van der Waals surface area contributed by atoms with Crippen LogP contribution in [0.4, 0.5) is 0 Å². The molecule has 0 aromatic rings. The Hall–Kier alpha value is -0.160. The van der Waals surface area contributed by atoms with Gasteiger partial charge in [-0.3, -0.25) is 4.90 Å². The molecule has 0 aliphatic carbocycles. The number of hydrogen-bond donors (Lipinski definition) is 1. The van der Waals surface area contributed by atoms with Crippen LogP contribution in [-0.2, 0) is 4.74 Å². The molecule has 1 N–H and O–H groups in total. The molecule has 4 heteroatoms.